The van der Waals surface area contributed by atoms with Crippen LogP contribution in [0, 0.1) is 13.8 Å². The van der Waals surface area contributed by atoms with Crippen LogP contribution in [0.4, 0.5) is 5.69 Å². The molecule has 0 aromatic heterocycles. The van der Waals surface area contributed by atoms with Gasteiger partial charge in [-0.05, 0) is 37.1 Å². The summed E-state index contributed by atoms with van der Waals surface area (Å²) in [5.74, 6) is -1.05. The third kappa shape index (κ3) is 4.97. The molecule has 5 nitrogen and oxygen atoms in total. The van der Waals surface area contributed by atoms with Gasteiger partial charge in [-0.2, -0.15) is 0 Å². The summed E-state index contributed by atoms with van der Waals surface area (Å²) in [6.45, 7) is 4.39. The zero-order valence-electron chi connectivity index (χ0n) is 10.6. The average Bonchev–Trinajstić information content (AvgIpc) is 2.29. The molecule has 1 aromatic rings. The maximum Gasteiger partial charge on any atom is 0.304 e. The second-order valence-electron chi connectivity index (χ2n) is 4.17. The molecule has 0 heterocycles. The number of carbonyl (C=O) groups excluding carboxylic acids is 1. The summed E-state index contributed by atoms with van der Waals surface area (Å²) in [7, 11) is 0. The Morgan fingerprint density at radius 3 is 2.56 bits per heavy atom. The Bertz CT molecular complexity index is 444. The van der Waals surface area contributed by atoms with Gasteiger partial charge in [0.2, 0.25) is 5.91 Å². The topological polar surface area (TPSA) is 78.4 Å². The molecule has 0 aliphatic rings. The maximum atomic E-state index is 11.5. The van der Waals surface area contributed by atoms with E-state index in [4.69, 9.17) is 5.11 Å². The molecule has 3 N–H and O–H groups in total. The third-order valence-corrected chi connectivity index (χ3v) is 2.59. The second-order valence-corrected chi connectivity index (χ2v) is 4.17. The van der Waals surface area contributed by atoms with Gasteiger partial charge >= 0.3 is 5.97 Å². The Morgan fingerprint density at radius 2 is 1.94 bits per heavy atom. The smallest absolute Gasteiger partial charge is 0.304 e. The van der Waals surface area contributed by atoms with Crippen molar-refractivity contribution in [3.05, 3.63) is 29.3 Å². The molecule has 0 aliphatic carbocycles. The first kappa shape index (κ1) is 14.2. The molecular weight excluding hydrogens is 232 g/mol. The van der Waals surface area contributed by atoms with Gasteiger partial charge in [0.05, 0.1) is 13.0 Å². The maximum absolute atomic E-state index is 11.5. The van der Waals surface area contributed by atoms with Crippen LogP contribution in [0.5, 0.6) is 0 Å². The van der Waals surface area contributed by atoms with Gasteiger partial charge in [0.25, 0.3) is 0 Å². The molecule has 0 fully saturated rings. The van der Waals surface area contributed by atoms with Gasteiger partial charge in [-0.1, -0.05) is 6.07 Å². The molecule has 1 rings (SSSR count). The summed E-state index contributed by atoms with van der Waals surface area (Å²) in [4.78, 5) is 21.8. The molecule has 5 heteroatoms. The standard InChI is InChI=1S/C13H18N2O3/c1-9-3-4-11(7-10(9)2)15-12(16)8-14-6-5-13(17)18/h3-4,7,14H,5-6,8H2,1-2H3,(H,15,16)(H,17,18). The van der Waals surface area contributed by atoms with Crippen LogP contribution in [0.1, 0.15) is 17.5 Å². The minimum Gasteiger partial charge on any atom is -0.481 e. The van der Waals surface area contributed by atoms with E-state index in [1.165, 1.54) is 5.56 Å². The number of hydrogen-bond acceptors (Lipinski definition) is 3. The Balaban J connectivity index is 2.35. The van der Waals surface area contributed by atoms with E-state index in [0.717, 1.165) is 11.3 Å². The monoisotopic (exact) mass is 250 g/mol. The minimum atomic E-state index is -0.878. The van der Waals surface area contributed by atoms with Crippen LogP contribution in [-0.2, 0) is 9.59 Å². The molecule has 18 heavy (non-hydrogen) atoms. The number of rotatable bonds is 6. The first-order valence-electron chi connectivity index (χ1n) is 5.78. The zero-order chi connectivity index (χ0) is 13.5. The van der Waals surface area contributed by atoms with Crippen molar-refractivity contribution < 1.29 is 14.7 Å². The highest BCUT2D eigenvalue weighted by molar-refractivity contribution is 5.92. The van der Waals surface area contributed by atoms with Crippen molar-refractivity contribution in [1.82, 2.24) is 5.32 Å². The summed E-state index contributed by atoms with van der Waals surface area (Å²) in [5, 5.41) is 13.9. The molecule has 0 saturated carbocycles. The third-order valence-electron chi connectivity index (χ3n) is 2.59. The van der Waals surface area contributed by atoms with E-state index in [1.54, 1.807) is 0 Å². The molecule has 0 spiro atoms. The lowest BCUT2D eigenvalue weighted by Crippen LogP contribution is -2.29. The van der Waals surface area contributed by atoms with Gasteiger partial charge in [0.15, 0.2) is 0 Å². The molecule has 1 aromatic carbocycles. The van der Waals surface area contributed by atoms with Gasteiger partial charge in [-0.15, -0.1) is 0 Å². The number of nitrogens with one attached hydrogen (secondary N) is 2. The molecule has 98 valence electrons. The van der Waals surface area contributed by atoms with E-state index in [0.29, 0.717) is 0 Å². The van der Waals surface area contributed by atoms with Crippen LogP contribution in [0.2, 0.25) is 0 Å². The Morgan fingerprint density at radius 1 is 1.22 bits per heavy atom. The van der Waals surface area contributed by atoms with Crippen LogP contribution >= 0.6 is 0 Å². The van der Waals surface area contributed by atoms with Crippen molar-refractivity contribution in [2.24, 2.45) is 0 Å². The molecule has 0 unspecified atom stereocenters. The van der Waals surface area contributed by atoms with Crippen LogP contribution in [0.25, 0.3) is 0 Å². The highest BCUT2D eigenvalue weighted by atomic mass is 16.4. The quantitative estimate of drug-likeness (QED) is 0.665. The highest BCUT2D eigenvalue weighted by Gasteiger charge is 2.03. The Labute approximate surface area is 106 Å². The normalized spacial score (nSPS) is 10.1. The second kappa shape index (κ2) is 6.76. The molecule has 0 saturated heterocycles. The predicted octanol–water partition coefficient (Wildman–Crippen LogP) is 1.31. The van der Waals surface area contributed by atoms with E-state index in [9.17, 15) is 9.59 Å². The fourth-order valence-corrected chi connectivity index (χ4v) is 1.42. The van der Waals surface area contributed by atoms with Crippen molar-refractivity contribution in [1.29, 1.82) is 0 Å². The number of carboxylic acid groups (broad SMARTS) is 1. The summed E-state index contributed by atoms with van der Waals surface area (Å²) in [6.07, 6.45) is 0.0108. The van der Waals surface area contributed by atoms with E-state index in [2.05, 4.69) is 10.6 Å². The van der Waals surface area contributed by atoms with E-state index >= 15 is 0 Å². The van der Waals surface area contributed by atoms with E-state index < -0.39 is 5.97 Å². The molecule has 0 radical (unpaired) electrons. The van der Waals surface area contributed by atoms with Gasteiger partial charge in [-0.25, -0.2) is 0 Å². The van der Waals surface area contributed by atoms with Gasteiger partial charge in [-0.3, -0.25) is 9.59 Å². The van der Waals surface area contributed by atoms with E-state index in [-0.39, 0.29) is 25.4 Å². The lowest BCUT2D eigenvalue weighted by atomic mass is 10.1. The fourth-order valence-electron chi connectivity index (χ4n) is 1.42. The number of anilines is 1. The summed E-state index contributed by atoms with van der Waals surface area (Å²) in [6, 6.07) is 5.70. The van der Waals surface area contributed by atoms with Gasteiger partial charge in [0.1, 0.15) is 0 Å². The van der Waals surface area contributed by atoms with Crippen LogP contribution < -0.4 is 10.6 Å². The number of benzene rings is 1. The summed E-state index contributed by atoms with van der Waals surface area (Å²) >= 11 is 0. The zero-order valence-corrected chi connectivity index (χ0v) is 10.6. The number of carbonyl (C=O) groups is 2. The number of aliphatic carboxylic acids is 1. The number of carboxylic acids is 1. The Hall–Kier alpha value is -1.88. The molecule has 1 amide bonds. The lowest BCUT2D eigenvalue weighted by molar-refractivity contribution is -0.137. The molecule has 0 bridgehead atoms. The SMILES string of the molecule is Cc1ccc(NC(=O)CNCCC(=O)O)cc1C. The largest absolute Gasteiger partial charge is 0.481 e. The minimum absolute atomic E-state index is 0.0108. The van der Waals surface area contributed by atoms with Crippen molar-refractivity contribution in [3.63, 3.8) is 0 Å². The predicted molar refractivity (Wildman–Crippen MR) is 69.7 cm³/mol. The van der Waals surface area contributed by atoms with Crippen LogP contribution in [0.3, 0.4) is 0 Å². The average molecular weight is 250 g/mol. The number of hydrogen-bond donors (Lipinski definition) is 3. The first-order valence-corrected chi connectivity index (χ1v) is 5.78. The van der Waals surface area contributed by atoms with Gasteiger partial charge in [0, 0.05) is 12.2 Å². The Kier molecular flexibility index (Phi) is 5.32. The van der Waals surface area contributed by atoms with Crippen LogP contribution in [0.15, 0.2) is 18.2 Å². The summed E-state index contributed by atoms with van der Waals surface area (Å²) < 4.78 is 0. The van der Waals surface area contributed by atoms with Crippen molar-refractivity contribution >= 4 is 17.6 Å². The number of amides is 1. The first-order chi connectivity index (χ1) is 8.49. The van der Waals surface area contributed by atoms with Crippen molar-refractivity contribution in [3.8, 4) is 0 Å². The van der Waals surface area contributed by atoms with E-state index in [1.807, 2.05) is 32.0 Å². The molecular formula is C13H18N2O3. The molecule has 0 aliphatic heterocycles. The van der Waals surface area contributed by atoms with Gasteiger partial charge < -0.3 is 15.7 Å². The fraction of sp³-hybridized carbons (Fsp3) is 0.385. The molecule has 0 atom stereocenters. The van der Waals surface area contributed by atoms with Crippen LogP contribution in [-0.4, -0.2) is 30.1 Å². The lowest BCUT2D eigenvalue weighted by Gasteiger charge is -2.08. The number of aryl methyl sites for hydroxylation is 2. The highest BCUT2D eigenvalue weighted by Crippen LogP contribution is 2.13. The van der Waals surface area contributed by atoms with Crippen molar-refractivity contribution in [2.75, 3.05) is 18.4 Å². The summed E-state index contributed by atoms with van der Waals surface area (Å²) in [5.41, 5.74) is 3.04. The van der Waals surface area contributed by atoms with Crippen molar-refractivity contribution in [2.45, 2.75) is 20.3 Å².